The SMILES string of the molecule is Cc1cc(C)c(NC(=O)CCSc2cc(C)c3ccccc3n2)c(C)c1. The van der Waals surface area contributed by atoms with Gasteiger partial charge in [-0.2, -0.15) is 0 Å². The van der Waals surface area contributed by atoms with Crippen molar-refractivity contribution < 1.29 is 4.79 Å². The molecule has 0 aliphatic rings. The molecule has 3 rings (SSSR count). The van der Waals surface area contributed by atoms with Gasteiger partial charge in [0.1, 0.15) is 0 Å². The van der Waals surface area contributed by atoms with Gasteiger partial charge in [-0.1, -0.05) is 35.9 Å². The van der Waals surface area contributed by atoms with Crippen molar-refractivity contribution in [1.82, 2.24) is 4.98 Å². The van der Waals surface area contributed by atoms with Crippen molar-refractivity contribution >= 4 is 34.3 Å². The number of thioether (sulfide) groups is 1. The lowest BCUT2D eigenvalue weighted by molar-refractivity contribution is -0.115. The molecule has 0 aliphatic heterocycles. The molecule has 1 N–H and O–H groups in total. The van der Waals surface area contributed by atoms with Crippen LogP contribution in [0.1, 0.15) is 28.7 Å². The lowest BCUT2D eigenvalue weighted by Gasteiger charge is -2.13. The third kappa shape index (κ3) is 4.25. The number of para-hydroxylation sites is 1. The van der Waals surface area contributed by atoms with Crippen molar-refractivity contribution in [2.45, 2.75) is 39.1 Å². The first-order chi connectivity index (χ1) is 12.4. The van der Waals surface area contributed by atoms with Crippen LogP contribution in [0.25, 0.3) is 10.9 Å². The van der Waals surface area contributed by atoms with Gasteiger partial charge >= 0.3 is 0 Å². The molecule has 1 heterocycles. The van der Waals surface area contributed by atoms with Crippen LogP contribution in [0.4, 0.5) is 5.69 Å². The van der Waals surface area contributed by atoms with Crippen LogP contribution >= 0.6 is 11.8 Å². The van der Waals surface area contributed by atoms with Gasteiger partial charge in [0.05, 0.1) is 10.5 Å². The van der Waals surface area contributed by atoms with E-state index in [-0.39, 0.29) is 5.91 Å². The molecule has 1 aromatic heterocycles. The molecule has 0 saturated heterocycles. The molecule has 4 heteroatoms. The molecule has 3 nitrogen and oxygen atoms in total. The van der Waals surface area contributed by atoms with Gasteiger partial charge in [-0.25, -0.2) is 4.98 Å². The molecule has 0 saturated carbocycles. The van der Waals surface area contributed by atoms with Crippen LogP contribution in [0.3, 0.4) is 0 Å². The Morgan fingerprint density at radius 2 is 1.69 bits per heavy atom. The molecule has 0 aliphatic carbocycles. The highest BCUT2D eigenvalue weighted by Crippen LogP contribution is 2.25. The summed E-state index contributed by atoms with van der Waals surface area (Å²) in [6.45, 7) is 8.24. The van der Waals surface area contributed by atoms with Gasteiger partial charge < -0.3 is 5.32 Å². The van der Waals surface area contributed by atoms with Gasteiger partial charge in [0.2, 0.25) is 5.91 Å². The fraction of sp³-hybridized carbons (Fsp3) is 0.273. The molecule has 0 bridgehead atoms. The zero-order valence-corrected chi connectivity index (χ0v) is 16.5. The average Bonchev–Trinajstić information content (AvgIpc) is 2.58. The van der Waals surface area contributed by atoms with Crippen molar-refractivity contribution in [1.29, 1.82) is 0 Å². The minimum absolute atomic E-state index is 0.0464. The molecule has 0 unspecified atom stereocenters. The van der Waals surface area contributed by atoms with E-state index < -0.39 is 0 Å². The Bertz CT molecular complexity index is 943. The number of rotatable bonds is 5. The summed E-state index contributed by atoms with van der Waals surface area (Å²) in [5, 5.41) is 5.21. The molecular formula is C22H24N2OS. The zero-order valence-electron chi connectivity index (χ0n) is 15.7. The number of anilines is 1. The first-order valence-electron chi connectivity index (χ1n) is 8.81. The summed E-state index contributed by atoms with van der Waals surface area (Å²) in [5.74, 6) is 0.755. The second kappa shape index (κ2) is 7.92. The zero-order chi connectivity index (χ0) is 18.7. The Morgan fingerprint density at radius 3 is 2.42 bits per heavy atom. The highest BCUT2D eigenvalue weighted by atomic mass is 32.2. The Kier molecular flexibility index (Phi) is 5.62. The van der Waals surface area contributed by atoms with Crippen molar-refractivity contribution in [3.8, 4) is 0 Å². The second-order valence-electron chi connectivity index (χ2n) is 6.71. The molecule has 0 atom stereocenters. The van der Waals surface area contributed by atoms with E-state index in [1.165, 1.54) is 16.5 Å². The number of hydrogen-bond acceptors (Lipinski definition) is 3. The highest BCUT2D eigenvalue weighted by Gasteiger charge is 2.09. The number of hydrogen-bond donors (Lipinski definition) is 1. The maximum Gasteiger partial charge on any atom is 0.225 e. The summed E-state index contributed by atoms with van der Waals surface area (Å²) in [5.41, 5.74) is 6.58. The molecule has 1 amide bonds. The molecule has 2 aromatic carbocycles. The Balaban J connectivity index is 1.61. The molecule has 0 spiro atoms. The van der Waals surface area contributed by atoms with Crippen LogP contribution in [0, 0.1) is 27.7 Å². The first kappa shape index (κ1) is 18.5. The normalized spacial score (nSPS) is 10.9. The number of pyridine rings is 1. The average molecular weight is 365 g/mol. The predicted octanol–water partition coefficient (Wildman–Crippen LogP) is 5.59. The van der Waals surface area contributed by atoms with Gasteiger partial charge in [0.15, 0.2) is 0 Å². The Labute approximate surface area is 159 Å². The van der Waals surface area contributed by atoms with Crippen LogP contribution in [0.5, 0.6) is 0 Å². The maximum atomic E-state index is 12.3. The molecular weight excluding hydrogens is 340 g/mol. The lowest BCUT2D eigenvalue weighted by atomic mass is 10.1. The summed E-state index contributed by atoms with van der Waals surface area (Å²) >= 11 is 1.63. The molecule has 26 heavy (non-hydrogen) atoms. The lowest BCUT2D eigenvalue weighted by Crippen LogP contribution is -2.14. The fourth-order valence-corrected chi connectivity index (χ4v) is 4.14. The number of nitrogens with zero attached hydrogens (tertiary/aromatic N) is 1. The number of carbonyl (C=O) groups excluding carboxylic acids is 1. The van der Waals surface area contributed by atoms with Crippen LogP contribution in [-0.2, 0) is 4.79 Å². The van der Waals surface area contributed by atoms with E-state index in [4.69, 9.17) is 0 Å². The minimum atomic E-state index is 0.0464. The monoisotopic (exact) mass is 364 g/mol. The molecule has 0 radical (unpaired) electrons. The third-order valence-electron chi connectivity index (χ3n) is 4.42. The third-order valence-corrected chi connectivity index (χ3v) is 5.33. The van der Waals surface area contributed by atoms with E-state index in [9.17, 15) is 4.79 Å². The maximum absolute atomic E-state index is 12.3. The van der Waals surface area contributed by atoms with Crippen molar-refractivity contribution in [2.24, 2.45) is 0 Å². The quantitative estimate of drug-likeness (QED) is 0.600. The van der Waals surface area contributed by atoms with Gasteiger partial charge in [-0.05, 0) is 56.5 Å². The number of aromatic nitrogens is 1. The van der Waals surface area contributed by atoms with Crippen molar-refractivity contribution in [2.75, 3.05) is 11.1 Å². The topological polar surface area (TPSA) is 42.0 Å². The van der Waals surface area contributed by atoms with E-state index in [2.05, 4.69) is 48.4 Å². The number of benzene rings is 2. The summed E-state index contributed by atoms with van der Waals surface area (Å²) in [4.78, 5) is 17.0. The van der Waals surface area contributed by atoms with Crippen LogP contribution in [0.2, 0.25) is 0 Å². The number of carbonyl (C=O) groups is 1. The summed E-state index contributed by atoms with van der Waals surface area (Å²) in [6.07, 6.45) is 0.463. The van der Waals surface area contributed by atoms with E-state index in [1.807, 2.05) is 32.0 Å². The van der Waals surface area contributed by atoms with E-state index in [0.717, 1.165) is 27.4 Å². The van der Waals surface area contributed by atoms with E-state index in [0.29, 0.717) is 12.2 Å². The van der Waals surface area contributed by atoms with Gasteiger partial charge in [-0.3, -0.25) is 4.79 Å². The fourth-order valence-electron chi connectivity index (χ4n) is 3.22. The number of amides is 1. The van der Waals surface area contributed by atoms with Crippen LogP contribution in [-0.4, -0.2) is 16.6 Å². The summed E-state index contributed by atoms with van der Waals surface area (Å²) in [7, 11) is 0. The van der Waals surface area contributed by atoms with Crippen LogP contribution in [0.15, 0.2) is 47.5 Å². The Morgan fingerprint density at radius 1 is 1.00 bits per heavy atom. The highest BCUT2D eigenvalue weighted by molar-refractivity contribution is 7.99. The van der Waals surface area contributed by atoms with Gasteiger partial charge in [0, 0.05) is 23.2 Å². The van der Waals surface area contributed by atoms with E-state index in [1.54, 1.807) is 11.8 Å². The minimum Gasteiger partial charge on any atom is -0.326 e. The Hall–Kier alpha value is -2.33. The number of aryl methyl sites for hydroxylation is 4. The summed E-state index contributed by atoms with van der Waals surface area (Å²) in [6, 6.07) is 14.4. The van der Waals surface area contributed by atoms with Gasteiger partial charge in [-0.15, -0.1) is 11.8 Å². The van der Waals surface area contributed by atoms with Crippen LogP contribution < -0.4 is 5.32 Å². The molecule has 0 fully saturated rings. The number of fused-ring (bicyclic) bond motifs is 1. The largest absolute Gasteiger partial charge is 0.326 e. The smallest absolute Gasteiger partial charge is 0.225 e. The molecule has 3 aromatic rings. The van der Waals surface area contributed by atoms with Crippen molar-refractivity contribution in [3.63, 3.8) is 0 Å². The van der Waals surface area contributed by atoms with Crippen molar-refractivity contribution in [3.05, 3.63) is 64.7 Å². The summed E-state index contributed by atoms with van der Waals surface area (Å²) < 4.78 is 0. The predicted molar refractivity (Wildman–Crippen MR) is 111 cm³/mol. The van der Waals surface area contributed by atoms with Gasteiger partial charge in [0.25, 0.3) is 0 Å². The second-order valence-corrected chi connectivity index (χ2v) is 7.83. The molecule has 134 valence electrons. The van der Waals surface area contributed by atoms with E-state index >= 15 is 0 Å². The standard InChI is InChI=1S/C22H24N2OS/c1-14-11-16(3)22(17(4)12-14)24-20(25)9-10-26-21-13-15(2)18-7-5-6-8-19(18)23-21/h5-8,11-13H,9-10H2,1-4H3,(H,24,25). The first-order valence-corrected chi connectivity index (χ1v) is 9.79. The number of nitrogens with one attached hydrogen (secondary N) is 1.